The Labute approximate surface area is 172 Å². The van der Waals surface area contributed by atoms with Crippen LogP contribution in [0.25, 0.3) is 10.9 Å². The van der Waals surface area contributed by atoms with Crippen molar-refractivity contribution in [2.24, 2.45) is 0 Å². The van der Waals surface area contributed by atoms with Gasteiger partial charge in [0.15, 0.2) is 0 Å². The lowest BCUT2D eigenvalue weighted by atomic mass is 10.2. The quantitative estimate of drug-likeness (QED) is 0.659. The maximum atomic E-state index is 12.9. The van der Waals surface area contributed by atoms with Crippen molar-refractivity contribution in [2.75, 3.05) is 6.54 Å². The van der Waals surface area contributed by atoms with Crippen LogP contribution >= 0.6 is 23.2 Å². The zero-order chi connectivity index (χ0) is 20.4. The molecule has 2 heterocycles. The molecule has 1 aromatic carbocycles. The lowest BCUT2D eigenvalue weighted by molar-refractivity contribution is -0.132. The van der Waals surface area contributed by atoms with Gasteiger partial charge in [0.25, 0.3) is 5.56 Å². The molecule has 7 nitrogen and oxygen atoms in total. The normalized spacial score (nSPS) is 11.2. The van der Waals surface area contributed by atoms with Gasteiger partial charge in [0.05, 0.1) is 33.9 Å². The van der Waals surface area contributed by atoms with Gasteiger partial charge in [-0.25, -0.2) is 4.98 Å². The third kappa shape index (κ3) is 4.20. The van der Waals surface area contributed by atoms with Crippen LogP contribution in [-0.4, -0.2) is 37.1 Å². The largest absolute Gasteiger partial charge is 0.334 e. The molecule has 28 heavy (non-hydrogen) atoms. The second-order valence-corrected chi connectivity index (χ2v) is 7.45. The molecule has 0 atom stereocenters. The molecular formula is C19H21Cl2N5O2. The molecule has 3 aromatic rings. The number of aryl methyl sites for hydroxylation is 1. The van der Waals surface area contributed by atoms with Gasteiger partial charge in [-0.1, -0.05) is 30.1 Å². The Balaban J connectivity index is 1.86. The average Bonchev–Trinajstić information content (AvgIpc) is 2.87. The van der Waals surface area contributed by atoms with E-state index in [4.69, 9.17) is 23.2 Å². The first kappa shape index (κ1) is 20.4. The molecule has 0 aliphatic rings. The summed E-state index contributed by atoms with van der Waals surface area (Å²) in [4.78, 5) is 34.1. The Morgan fingerprint density at radius 1 is 1.29 bits per heavy atom. The Bertz CT molecular complexity index is 1090. The number of nitrogens with one attached hydrogen (secondary N) is 1. The summed E-state index contributed by atoms with van der Waals surface area (Å²) in [5.74, 6) is 0.283. The topological polar surface area (TPSA) is 83.9 Å². The van der Waals surface area contributed by atoms with Crippen molar-refractivity contribution >= 4 is 40.0 Å². The fourth-order valence-electron chi connectivity index (χ4n) is 3.04. The summed E-state index contributed by atoms with van der Waals surface area (Å²) >= 11 is 12.2. The van der Waals surface area contributed by atoms with E-state index < -0.39 is 0 Å². The van der Waals surface area contributed by atoms with Gasteiger partial charge in [0, 0.05) is 11.6 Å². The summed E-state index contributed by atoms with van der Waals surface area (Å²) in [7, 11) is 0. The van der Waals surface area contributed by atoms with E-state index in [1.54, 1.807) is 34.7 Å². The Morgan fingerprint density at radius 2 is 2.04 bits per heavy atom. The number of rotatable bonds is 6. The molecule has 0 bridgehead atoms. The van der Waals surface area contributed by atoms with Gasteiger partial charge in [-0.05, 0) is 38.5 Å². The number of amides is 1. The number of hydrogen-bond donors (Lipinski definition) is 1. The van der Waals surface area contributed by atoms with Crippen molar-refractivity contribution in [1.82, 2.24) is 24.6 Å². The van der Waals surface area contributed by atoms with Crippen molar-refractivity contribution < 1.29 is 4.79 Å². The fraction of sp³-hybridized carbons (Fsp3) is 0.368. The minimum Gasteiger partial charge on any atom is -0.334 e. The zero-order valence-corrected chi connectivity index (χ0v) is 17.4. The second-order valence-electron chi connectivity index (χ2n) is 6.63. The molecule has 0 spiro atoms. The lowest BCUT2D eigenvalue weighted by Gasteiger charge is -2.22. The molecule has 3 rings (SSSR count). The predicted molar refractivity (Wildman–Crippen MR) is 110 cm³/mol. The highest BCUT2D eigenvalue weighted by atomic mass is 35.5. The van der Waals surface area contributed by atoms with Gasteiger partial charge < -0.3 is 9.88 Å². The molecule has 0 unspecified atom stereocenters. The molecule has 0 fully saturated rings. The summed E-state index contributed by atoms with van der Waals surface area (Å²) in [5, 5.41) is 5.83. The van der Waals surface area contributed by atoms with Gasteiger partial charge in [0.1, 0.15) is 12.4 Å². The van der Waals surface area contributed by atoms with E-state index in [0.717, 1.165) is 12.1 Å². The smallest absolute Gasteiger partial charge is 0.258 e. The highest BCUT2D eigenvalue weighted by Crippen LogP contribution is 2.19. The van der Waals surface area contributed by atoms with Crippen molar-refractivity contribution in [3.05, 3.63) is 55.8 Å². The van der Waals surface area contributed by atoms with Crippen molar-refractivity contribution in [2.45, 2.75) is 40.3 Å². The van der Waals surface area contributed by atoms with E-state index in [-0.39, 0.29) is 24.6 Å². The Hall–Kier alpha value is -2.38. The number of carbonyl (C=O) groups is 1. The zero-order valence-electron chi connectivity index (χ0n) is 15.9. The van der Waals surface area contributed by atoms with Crippen LogP contribution in [0.3, 0.4) is 0 Å². The van der Waals surface area contributed by atoms with E-state index in [9.17, 15) is 9.59 Å². The molecule has 1 N–H and O–H groups in total. The SMILES string of the molecule is CCCN(Cc1nc2cc(Cl)ccc2c(=O)[nH]1)C(=O)Cn1nc(C)c(Cl)c1C. The van der Waals surface area contributed by atoms with Gasteiger partial charge in [-0.3, -0.25) is 14.3 Å². The summed E-state index contributed by atoms with van der Waals surface area (Å²) in [6.07, 6.45) is 0.771. The number of halogens is 2. The number of aromatic nitrogens is 4. The van der Waals surface area contributed by atoms with Crippen LogP contribution in [0, 0.1) is 13.8 Å². The molecule has 2 aromatic heterocycles. The first-order valence-electron chi connectivity index (χ1n) is 8.96. The van der Waals surface area contributed by atoms with Crippen LogP contribution < -0.4 is 5.56 Å². The monoisotopic (exact) mass is 421 g/mol. The standard InChI is InChI=1S/C19H21Cl2N5O2/c1-4-7-25(17(27)10-26-12(3)18(21)11(2)24-26)9-16-22-15-8-13(20)5-6-14(15)19(28)23-16/h5-6,8H,4,7,9-10H2,1-3H3,(H,22,23,28). The van der Waals surface area contributed by atoms with E-state index in [1.165, 1.54) is 0 Å². The van der Waals surface area contributed by atoms with Crippen LogP contribution in [0.15, 0.2) is 23.0 Å². The highest BCUT2D eigenvalue weighted by molar-refractivity contribution is 6.32. The Morgan fingerprint density at radius 3 is 2.68 bits per heavy atom. The van der Waals surface area contributed by atoms with Gasteiger partial charge in [0.2, 0.25) is 5.91 Å². The molecule has 0 aliphatic carbocycles. The van der Waals surface area contributed by atoms with E-state index in [0.29, 0.717) is 39.0 Å². The first-order valence-corrected chi connectivity index (χ1v) is 9.71. The predicted octanol–water partition coefficient (Wildman–Crippen LogP) is 3.48. The third-order valence-corrected chi connectivity index (χ3v) is 5.26. The lowest BCUT2D eigenvalue weighted by Crippen LogP contribution is -2.35. The summed E-state index contributed by atoms with van der Waals surface area (Å²) in [5.41, 5.74) is 1.67. The number of benzene rings is 1. The molecule has 0 aliphatic heterocycles. The first-order chi connectivity index (χ1) is 13.3. The Kier molecular flexibility index (Phi) is 6.05. The number of hydrogen-bond acceptors (Lipinski definition) is 4. The van der Waals surface area contributed by atoms with Crippen molar-refractivity contribution in [3.63, 3.8) is 0 Å². The maximum Gasteiger partial charge on any atom is 0.258 e. The van der Waals surface area contributed by atoms with Crippen LogP contribution in [0.1, 0.15) is 30.6 Å². The third-order valence-electron chi connectivity index (χ3n) is 4.48. The van der Waals surface area contributed by atoms with Gasteiger partial charge in [-0.15, -0.1) is 0 Å². The molecule has 0 radical (unpaired) electrons. The molecule has 1 amide bonds. The van der Waals surface area contributed by atoms with Crippen LogP contribution in [0.2, 0.25) is 10.0 Å². The van der Waals surface area contributed by atoms with Crippen molar-refractivity contribution in [3.8, 4) is 0 Å². The van der Waals surface area contributed by atoms with Crippen LogP contribution in [0.4, 0.5) is 0 Å². The summed E-state index contributed by atoms with van der Waals surface area (Å²) < 4.78 is 1.60. The van der Waals surface area contributed by atoms with E-state index in [2.05, 4.69) is 15.1 Å². The van der Waals surface area contributed by atoms with Crippen LogP contribution in [-0.2, 0) is 17.9 Å². The number of carbonyl (C=O) groups excluding carboxylic acids is 1. The highest BCUT2D eigenvalue weighted by Gasteiger charge is 2.18. The number of fused-ring (bicyclic) bond motifs is 1. The molecule has 9 heteroatoms. The number of nitrogens with zero attached hydrogens (tertiary/aromatic N) is 4. The van der Waals surface area contributed by atoms with Crippen molar-refractivity contribution in [1.29, 1.82) is 0 Å². The summed E-state index contributed by atoms with van der Waals surface area (Å²) in [6, 6.07) is 4.92. The van der Waals surface area contributed by atoms with Gasteiger partial charge in [-0.2, -0.15) is 5.10 Å². The minimum absolute atomic E-state index is 0.0725. The second kappa shape index (κ2) is 8.32. The fourth-order valence-corrected chi connectivity index (χ4v) is 3.34. The maximum absolute atomic E-state index is 12.9. The summed E-state index contributed by atoms with van der Waals surface area (Å²) in [6.45, 7) is 6.40. The van der Waals surface area contributed by atoms with E-state index in [1.807, 2.05) is 13.8 Å². The van der Waals surface area contributed by atoms with Crippen LogP contribution in [0.5, 0.6) is 0 Å². The van der Waals surface area contributed by atoms with Gasteiger partial charge >= 0.3 is 0 Å². The minimum atomic E-state index is -0.258. The number of H-pyrrole nitrogens is 1. The average molecular weight is 422 g/mol. The molecule has 148 valence electrons. The molecule has 0 saturated carbocycles. The number of aromatic amines is 1. The molecular weight excluding hydrogens is 401 g/mol. The molecule has 0 saturated heterocycles. The van der Waals surface area contributed by atoms with E-state index >= 15 is 0 Å².